The normalized spacial score (nSPS) is 18.7. The molecule has 2 amide bonds. The van der Waals surface area contributed by atoms with Crippen LogP contribution in [0.4, 0.5) is 0 Å². The molecule has 0 saturated carbocycles. The largest absolute Gasteiger partial charge is 0.508 e. The Labute approximate surface area is 163 Å². The Morgan fingerprint density at radius 2 is 2.07 bits per heavy atom. The minimum absolute atomic E-state index is 0.0111. The second-order valence-corrected chi connectivity index (χ2v) is 6.91. The molecule has 3 atom stereocenters. The van der Waals surface area contributed by atoms with Crippen molar-refractivity contribution < 1.29 is 29.3 Å². The van der Waals surface area contributed by atoms with Crippen LogP contribution in [0.15, 0.2) is 18.2 Å². The number of carboxylic acid groups (broad SMARTS) is 1. The highest BCUT2D eigenvalue weighted by Gasteiger charge is 2.25. The first-order valence-electron chi connectivity index (χ1n) is 9.19. The van der Waals surface area contributed by atoms with E-state index in [1.807, 2.05) is 0 Å². The molecular weight excluding hydrogens is 366 g/mol. The van der Waals surface area contributed by atoms with E-state index in [1.54, 1.807) is 19.1 Å². The molecule has 0 radical (unpaired) electrons. The number of phenols is 1. The molecule has 1 unspecified atom stereocenters. The lowest BCUT2D eigenvalue weighted by molar-refractivity contribution is -0.142. The van der Waals surface area contributed by atoms with E-state index >= 15 is 0 Å². The van der Waals surface area contributed by atoms with Crippen LogP contribution in [0.2, 0.25) is 0 Å². The van der Waals surface area contributed by atoms with Crippen molar-refractivity contribution in [3.63, 3.8) is 0 Å². The summed E-state index contributed by atoms with van der Waals surface area (Å²) in [6.45, 7) is 5.06. The minimum atomic E-state index is -1.20. The Morgan fingerprint density at radius 1 is 1.32 bits per heavy atom. The third-order valence-electron chi connectivity index (χ3n) is 4.52. The van der Waals surface area contributed by atoms with Gasteiger partial charge in [0.15, 0.2) is 0 Å². The van der Waals surface area contributed by atoms with Crippen molar-refractivity contribution in [1.82, 2.24) is 16.0 Å². The van der Waals surface area contributed by atoms with Crippen molar-refractivity contribution in [2.45, 2.75) is 44.9 Å². The molecule has 5 N–H and O–H groups in total. The number of nitrogens with one attached hydrogen (secondary N) is 3. The molecule has 1 aromatic rings. The van der Waals surface area contributed by atoms with Gasteiger partial charge in [-0.15, -0.1) is 0 Å². The monoisotopic (exact) mass is 393 g/mol. The van der Waals surface area contributed by atoms with Gasteiger partial charge in [-0.25, -0.2) is 4.79 Å². The highest BCUT2D eigenvalue weighted by Crippen LogP contribution is 2.18. The van der Waals surface area contributed by atoms with Crippen LogP contribution < -0.4 is 16.0 Å². The fourth-order valence-corrected chi connectivity index (χ4v) is 2.84. The van der Waals surface area contributed by atoms with Crippen LogP contribution in [0.1, 0.15) is 24.5 Å². The highest BCUT2D eigenvalue weighted by atomic mass is 16.5. The molecule has 154 valence electrons. The predicted octanol–water partition coefficient (Wildman–Crippen LogP) is -0.304. The zero-order valence-corrected chi connectivity index (χ0v) is 16.0. The number of aliphatic carboxylic acids is 1. The second kappa shape index (κ2) is 10.0. The van der Waals surface area contributed by atoms with Crippen molar-refractivity contribution >= 4 is 17.8 Å². The molecule has 0 aliphatic carbocycles. The molecule has 1 fully saturated rings. The Morgan fingerprint density at radius 3 is 2.68 bits per heavy atom. The molecule has 0 spiro atoms. The third kappa shape index (κ3) is 6.50. The Bertz CT molecular complexity index is 718. The van der Waals surface area contributed by atoms with Crippen molar-refractivity contribution in [3.8, 4) is 5.75 Å². The highest BCUT2D eigenvalue weighted by molar-refractivity contribution is 5.90. The number of aryl methyl sites for hydroxylation is 1. The molecule has 28 heavy (non-hydrogen) atoms. The fourth-order valence-electron chi connectivity index (χ4n) is 2.84. The molecule has 1 aromatic carbocycles. The molecule has 1 saturated heterocycles. The van der Waals surface area contributed by atoms with Gasteiger partial charge in [0.25, 0.3) is 0 Å². The number of ether oxygens (including phenoxy) is 1. The van der Waals surface area contributed by atoms with Gasteiger partial charge in [-0.3, -0.25) is 9.59 Å². The van der Waals surface area contributed by atoms with Crippen LogP contribution in [0.5, 0.6) is 5.75 Å². The van der Waals surface area contributed by atoms with Crippen LogP contribution in [-0.4, -0.2) is 65.9 Å². The molecule has 0 bridgehead atoms. The SMILES string of the molecule is Cc1ccc(C[C@H](NC(=O)[C@H](C)NC(=O)CC2CNCCO2)C(=O)O)cc1O. The number of carbonyl (C=O) groups excluding carboxylic acids is 2. The summed E-state index contributed by atoms with van der Waals surface area (Å²) in [5.41, 5.74) is 1.25. The number of benzene rings is 1. The van der Waals surface area contributed by atoms with Gasteiger partial charge < -0.3 is 30.9 Å². The van der Waals surface area contributed by atoms with Crippen LogP contribution in [-0.2, 0) is 25.5 Å². The van der Waals surface area contributed by atoms with Crippen LogP contribution in [0.25, 0.3) is 0 Å². The first kappa shape index (κ1) is 21.6. The molecule has 0 aromatic heterocycles. The molecule has 1 aliphatic rings. The molecule has 9 heteroatoms. The van der Waals surface area contributed by atoms with Crippen LogP contribution in [0, 0.1) is 6.92 Å². The lowest BCUT2D eigenvalue weighted by atomic mass is 10.0. The van der Waals surface area contributed by atoms with E-state index in [0.29, 0.717) is 24.3 Å². The summed E-state index contributed by atoms with van der Waals surface area (Å²) in [6, 6.07) is 2.77. The van der Waals surface area contributed by atoms with E-state index in [2.05, 4.69) is 16.0 Å². The Balaban J connectivity index is 1.88. The summed E-state index contributed by atoms with van der Waals surface area (Å²) in [5.74, 6) is -2.08. The number of hydrogen-bond donors (Lipinski definition) is 5. The Kier molecular flexibility index (Phi) is 7.77. The maximum absolute atomic E-state index is 12.3. The van der Waals surface area contributed by atoms with E-state index in [0.717, 1.165) is 6.54 Å². The van der Waals surface area contributed by atoms with Crippen molar-refractivity contribution in [2.75, 3.05) is 19.7 Å². The lowest BCUT2D eigenvalue weighted by Crippen LogP contribution is -2.51. The number of morpholine rings is 1. The zero-order chi connectivity index (χ0) is 20.7. The van der Waals surface area contributed by atoms with Gasteiger partial charge in [0.1, 0.15) is 17.8 Å². The summed E-state index contributed by atoms with van der Waals surface area (Å²) in [5, 5.41) is 27.3. The zero-order valence-electron chi connectivity index (χ0n) is 16.0. The number of aromatic hydroxyl groups is 1. The number of amides is 2. The van der Waals surface area contributed by atoms with E-state index in [9.17, 15) is 24.6 Å². The fraction of sp³-hybridized carbons (Fsp3) is 0.526. The van der Waals surface area contributed by atoms with Gasteiger partial charge in [-0.05, 0) is 31.0 Å². The van der Waals surface area contributed by atoms with E-state index in [4.69, 9.17) is 4.74 Å². The second-order valence-electron chi connectivity index (χ2n) is 6.91. The molecule has 2 rings (SSSR count). The number of carboxylic acids is 1. The average Bonchev–Trinajstić information content (AvgIpc) is 2.64. The van der Waals surface area contributed by atoms with Gasteiger partial charge in [-0.1, -0.05) is 12.1 Å². The standard InChI is InChI=1S/C19H27N3O6/c1-11-3-4-13(8-16(11)23)7-15(19(26)27)22-18(25)12(2)21-17(24)9-14-10-20-5-6-28-14/h3-4,8,12,14-15,20,23H,5-7,9-10H2,1-2H3,(H,21,24)(H,22,25)(H,26,27)/t12-,14?,15-/m0/s1. The maximum Gasteiger partial charge on any atom is 0.326 e. The van der Waals surface area contributed by atoms with Crippen molar-refractivity contribution in [2.24, 2.45) is 0 Å². The first-order chi connectivity index (χ1) is 13.3. The Hall–Kier alpha value is -2.65. The topological polar surface area (TPSA) is 137 Å². The maximum atomic E-state index is 12.3. The molecule has 9 nitrogen and oxygen atoms in total. The first-order valence-corrected chi connectivity index (χ1v) is 9.19. The number of rotatable bonds is 8. The van der Waals surface area contributed by atoms with E-state index < -0.39 is 24.0 Å². The van der Waals surface area contributed by atoms with Crippen molar-refractivity contribution in [3.05, 3.63) is 29.3 Å². The summed E-state index contributed by atoms with van der Waals surface area (Å²) in [7, 11) is 0. The average molecular weight is 393 g/mol. The van der Waals surface area contributed by atoms with Gasteiger partial charge in [0.05, 0.1) is 19.1 Å². The quantitative estimate of drug-likeness (QED) is 0.409. The van der Waals surface area contributed by atoms with Gasteiger partial charge >= 0.3 is 5.97 Å². The number of hydrogen-bond acceptors (Lipinski definition) is 6. The van der Waals surface area contributed by atoms with Crippen molar-refractivity contribution in [1.29, 1.82) is 0 Å². The summed E-state index contributed by atoms with van der Waals surface area (Å²) < 4.78 is 5.45. The van der Waals surface area contributed by atoms with E-state index in [-0.39, 0.29) is 30.6 Å². The van der Waals surface area contributed by atoms with E-state index in [1.165, 1.54) is 13.0 Å². The molecular formula is C19H27N3O6. The van der Waals surface area contributed by atoms with Gasteiger partial charge in [0, 0.05) is 19.5 Å². The predicted molar refractivity (Wildman–Crippen MR) is 101 cm³/mol. The van der Waals surface area contributed by atoms with Crippen LogP contribution in [0.3, 0.4) is 0 Å². The van der Waals surface area contributed by atoms with Gasteiger partial charge in [0.2, 0.25) is 11.8 Å². The third-order valence-corrected chi connectivity index (χ3v) is 4.52. The number of carbonyl (C=O) groups is 3. The molecule has 1 aliphatic heterocycles. The summed E-state index contributed by atoms with van der Waals surface area (Å²) in [6.07, 6.45) is -0.114. The van der Waals surface area contributed by atoms with Gasteiger partial charge in [-0.2, -0.15) is 0 Å². The van der Waals surface area contributed by atoms with Crippen LogP contribution >= 0.6 is 0 Å². The number of phenolic OH excluding ortho intramolecular Hbond substituents is 1. The molecule has 1 heterocycles. The minimum Gasteiger partial charge on any atom is -0.508 e. The summed E-state index contributed by atoms with van der Waals surface area (Å²) in [4.78, 5) is 35.9. The summed E-state index contributed by atoms with van der Waals surface area (Å²) >= 11 is 0. The smallest absolute Gasteiger partial charge is 0.326 e. The lowest BCUT2D eigenvalue weighted by Gasteiger charge is -2.24.